The lowest BCUT2D eigenvalue weighted by Gasteiger charge is -2.33. The van der Waals surface area contributed by atoms with Gasteiger partial charge in [0.2, 0.25) is 10.0 Å². The maximum absolute atomic E-state index is 12.4. The van der Waals surface area contributed by atoms with Crippen molar-refractivity contribution in [1.29, 1.82) is 0 Å². The number of aliphatic hydroxyl groups is 1. The van der Waals surface area contributed by atoms with Crippen LogP contribution in [0.1, 0.15) is 13.3 Å². The number of aliphatic hydroxyl groups excluding tert-OH is 1. The standard InChI is InChI=1S/C11H14Cl2N2O3S/c1-7-6-15(3-2-10(7)16)19(17,18)8-4-9(12)11(13)14-5-8/h4-5,7,10,16H,2-3,6H2,1H3. The predicted molar refractivity (Wildman–Crippen MR) is 72.8 cm³/mol. The molecule has 8 heteroatoms. The van der Waals surface area contributed by atoms with Gasteiger partial charge in [0.15, 0.2) is 0 Å². The highest BCUT2D eigenvalue weighted by atomic mass is 35.5. The first-order valence-electron chi connectivity index (χ1n) is 5.81. The third kappa shape index (κ3) is 3.03. The molecule has 19 heavy (non-hydrogen) atoms. The van der Waals surface area contributed by atoms with Gasteiger partial charge in [0.1, 0.15) is 10.0 Å². The van der Waals surface area contributed by atoms with E-state index in [4.69, 9.17) is 23.2 Å². The van der Waals surface area contributed by atoms with E-state index in [1.165, 1.54) is 16.6 Å². The van der Waals surface area contributed by atoms with E-state index in [0.717, 1.165) is 0 Å². The topological polar surface area (TPSA) is 70.5 Å². The van der Waals surface area contributed by atoms with E-state index in [2.05, 4.69) is 4.98 Å². The van der Waals surface area contributed by atoms with Gasteiger partial charge in [0.25, 0.3) is 0 Å². The summed E-state index contributed by atoms with van der Waals surface area (Å²) in [6.07, 6.45) is 1.16. The lowest BCUT2D eigenvalue weighted by molar-refractivity contribution is 0.0628. The second kappa shape index (κ2) is 5.54. The molecule has 0 bridgehead atoms. The van der Waals surface area contributed by atoms with Gasteiger partial charge in [-0.3, -0.25) is 0 Å². The maximum Gasteiger partial charge on any atom is 0.244 e. The average molecular weight is 325 g/mol. The van der Waals surface area contributed by atoms with Gasteiger partial charge in [-0.1, -0.05) is 30.1 Å². The van der Waals surface area contributed by atoms with Gasteiger partial charge in [-0.2, -0.15) is 4.31 Å². The Kier molecular flexibility index (Phi) is 4.37. The van der Waals surface area contributed by atoms with Gasteiger partial charge >= 0.3 is 0 Å². The highest BCUT2D eigenvalue weighted by Gasteiger charge is 2.33. The van der Waals surface area contributed by atoms with Crippen molar-refractivity contribution < 1.29 is 13.5 Å². The fourth-order valence-electron chi connectivity index (χ4n) is 2.01. The number of hydrogen-bond donors (Lipinski definition) is 1. The second-order valence-corrected chi connectivity index (χ2v) is 7.34. The molecule has 1 aromatic heterocycles. The normalized spacial score (nSPS) is 25.5. The number of nitrogens with zero attached hydrogens (tertiary/aromatic N) is 2. The van der Waals surface area contributed by atoms with Gasteiger partial charge < -0.3 is 5.11 Å². The molecule has 0 spiro atoms. The molecule has 1 aromatic rings. The minimum atomic E-state index is -3.64. The molecule has 1 N–H and O–H groups in total. The summed E-state index contributed by atoms with van der Waals surface area (Å²) in [5.74, 6) is -0.0979. The summed E-state index contributed by atoms with van der Waals surface area (Å²) in [7, 11) is -3.64. The van der Waals surface area contributed by atoms with Crippen LogP contribution >= 0.6 is 23.2 Å². The lowest BCUT2D eigenvalue weighted by atomic mass is 9.99. The van der Waals surface area contributed by atoms with E-state index in [1.54, 1.807) is 0 Å². The number of sulfonamides is 1. The van der Waals surface area contributed by atoms with Crippen molar-refractivity contribution in [3.63, 3.8) is 0 Å². The molecular weight excluding hydrogens is 311 g/mol. The summed E-state index contributed by atoms with van der Waals surface area (Å²) in [4.78, 5) is 3.77. The Morgan fingerprint density at radius 2 is 2.16 bits per heavy atom. The fraction of sp³-hybridized carbons (Fsp3) is 0.545. The number of halogens is 2. The van der Waals surface area contributed by atoms with Crippen LogP contribution in [0.2, 0.25) is 10.2 Å². The van der Waals surface area contributed by atoms with E-state index in [9.17, 15) is 13.5 Å². The molecule has 0 radical (unpaired) electrons. The minimum absolute atomic E-state index is 0.0190. The van der Waals surface area contributed by atoms with Crippen molar-refractivity contribution in [2.24, 2.45) is 5.92 Å². The zero-order chi connectivity index (χ0) is 14.2. The van der Waals surface area contributed by atoms with Crippen molar-refractivity contribution >= 4 is 33.2 Å². The van der Waals surface area contributed by atoms with Gasteiger partial charge in [-0.25, -0.2) is 13.4 Å². The van der Waals surface area contributed by atoms with E-state index >= 15 is 0 Å². The molecular formula is C11H14Cl2N2O3S. The highest BCUT2D eigenvalue weighted by molar-refractivity contribution is 7.89. The zero-order valence-electron chi connectivity index (χ0n) is 10.3. The molecule has 1 fully saturated rings. The van der Waals surface area contributed by atoms with E-state index in [0.29, 0.717) is 6.42 Å². The van der Waals surface area contributed by atoms with E-state index in [1.807, 2.05) is 6.92 Å². The lowest BCUT2D eigenvalue weighted by Crippen LogP contribution is -2.44. The van der Waals surface area contributed by atoms with Crippen LogP contribution in [0, 0.1) is 5.92 Å². The molecule has 1 aliphatic rings. The Bertz CT molecular complexity index is 579. The van der Waals surface area contributed by atoms with Crippen molar-refractivity contribution in [1.82, 2.24) is 9.29 Å². The summed E-state index contributed by atoms with van der Waals surface area (Å²) in [5, 5.41) is 9.82. The Balaban J connectivity index is 2.29. The third-order valence-corrected chi connectivity index (χ3v) is 5.75. The average Bonchev–Trinajstić information content (AvgIpc) is 2.35. The molecule has 0 aliphatic carbocycles. The summed E-state index contributed by atoms with van der Waals surface area (Å²) in [6.45, 7) is 2.39. The molecule has 2 unspecified atom stereocenters. The first-order valence-corrected chi connectivity index (χ1v) is 8.01. The van der Waals surface area contributed by atoms with Crippen LogP contribution in [0.5, 0.6) is 0 Å². The van der Waals surface area contributed by atoms with Gasteiger partial charge in [-0.05, 0) is 18.4 Å². The Morgan fingerprint density at radius 3 is 2.74 bits per heavy atom. The van der Waals surface area contributed by atoms with Gasteiger partial charge in [0, 0.05) is 19.3 Å². The molecule has 2 rings (SSSR count). The van der Waals surface area contributed by atoms with Crippen LogP contribution in [0.15, 0.2) is 17.2 Å². The zero-order valence-corrected chi connectivity index (χ0v) is 12.6. The van der Waals surface area contributed by atoms with E-state index in [-0.39, 0.29) is 34.1 Å². The minimum Gasteiger partial charge on any atom is -0.393 e. The first kappa shape index (κ1) is 15.0. The number of aromatic nitrogens is 1. The summed E-state index contributed by atoms with van der Waals surface area (Å²) in [5.41, 5.74) is 0. The molecule has 0 saturated carbocycles. The monoisotopic (exact) mass is 324 g/mol. The van der Waals surface area contributed by atoms with E-state index < -0.39 is 16.1 Å². The second-order valence-electron chi connectivity index (χ2n) is 4.64. The van der Waals surface area contributed by atoms with Crippen LogP contribution in [-0.2, 0) is 10.0 Å². The molecule has 5 nitrogen and oxygen atoms in total. The molecule has 2 heterocycles. The van der Waals surface area contributed by atoms with Crippen LogP contribution in [-0.4, -0.2) is 42.0 Å². The van der Waals surface area contributed by atoms with Crippen molar-refractivity contribution in [3.8, 4) is 0 Å². The van der Waals surface area contributed by atoms with Crippen LogP contribution in [0.3, 0.4) is 0 Å². The van der Waals surface area contributed by atoms with Crippen LogP contribution in [0.25, 0.3) is 0 Å². The smallest absolute Gasteiger partial charge is 0.244 e. The van der Waals surface area contributed by atoms with Crippen molar-refractivity contribution in [2.45, 2.75) is 24.3 Å². The largest absolute Gasteiger partial charge is 0.393 e. The fourth-order valence-corrected chi connectivity index (χ4v) is 3.87. The first-order chi connectivity index (χ1) is 8.82. The van der Waals surface area contributed by atoms with Crippen LogP contribution < -0.4 is 0 Å². The third-order valence-electron chi connectivity index (χ3n) is 3.23. The predicted octanol–water partition coefficient (Wildman–Crippen LogP) is 1.78. The number of piperidine rings is 1. The molecule has 1 saturated heterocycles. The van der Waals surface area contributed by atoms with Gasteiger partial charge in [0.05, 0.1) is 11.1 Å². The summed E-state index contributed by atoms with van der Waals surface area (Å²) < 4.78 is 26.1. The maximum atomic E-state index is 12.4. The molecule has 0 aromatic carbocycles. The van der Waals surface area contributed by atoms with Gasteiger partial charge in [-0.15, -0.1) is 0 Å². The SMILES string of the molecule is CC1CN(S(=O)(=O)c2cnc(Cl)c(Cl)c2)CCC1O. The molecule has 1 aliphatic heterocycles. The van der Waals surface area contributed by atoms with Crippen molar-refractivity contribution in [3.05, 3.63) is 22.4 Å². The Labute approximate surface area is 122 Å². The molecule has 0 amide bonds. The molecule has 2 atom stereocenters. The summed E-state index contributed by atoms with van der Waals surface area (Å²) in [6, 6.07) is 1.29. The van der Waals surface area contributed by atoms with Crippen molar-refractivity contribution in [2.75, 3.05) is 13.1 Å². The summed E-state index contributed by atoms with van der Waals surface area (Å²) >= 11 is 11.5. The number of rotatable bonds is 2. The Hall–Kier alpha value is -0.400. The molecule has 106 valence electrons. The Morgan fingerprint density at radius 1 is 1.47 bits per heavy atom. The highest BCUT2D eigenvalue weighted by Crippen LogP contribution is 2.27. The van der Waals surface area contributed by atoms with Crippen LogP contribution in [0.4, 0.5) is 0 Å². The number of hydrogen-bond acceptors (Lipinski definition) is 4. The number of pyridine rings is 1. The quantitative estimate of drug-likeness (QED) is 0.842.